The number of fused-ring (bicyclic) bond motifs is 1. The largest absolute Gasteiger partial charge is 0.463 e. The molecule has 3 N–H and O–H groups in total. The van der Waals surface area contributed by atoms with Gasteiger partial charge >= 0.3 is 6.01 Å². The number of carbonyl (C=O) groups excluding carboxylic acids is 1. The number of pyridine rings is 1. The molecule has 178 valence electrons. The van der Waals surface area contributed by atoms with Gasteiger partial charge in [-0.05, 0) is 45.0 Å². The lowest BCUT2D eigenvalue weighted by atomic mass is 10.0. The van der Waals surface area contributed by atoms with Crippen molar-refractivity contribution >= 4 is 29.0 Å². The number of ether oxygens (including phenoxy) is 1. The highest BCUT2D eigenvalue weighted by Gasteiger charge is 2.28. The van der Waals surface area contributed by atoms with Crippen molar-refractivity contribution in [3.63, 3.8) is 0 Å². The number of nitrogens with two attached hydrogens (primary N) is 1. The minimum atomic E-state index is -0.147. The molecule has 0 bridgehead atoms. The second-order valence-corrected chi connectivity index (χ2v) is 8.90. The maximum atomic E-state index is 12.3. The zero-order valence-corrected chi connectivity index (χ0v) is 19.8. The Hall–Kier alpha value is -3.14. The number of amides is 1. The van der Waals surface area contributed by atoms with Crippen molar-refractivity contribution in [3.05, 3.63) is 23.9 Å². The van der Waals surface area contributed by atoms with Gasteiger partial charge in [-0.2, -0.15) is 9.97 Å². The molecule has 10 nitrogen and oxygen atoms in total. The first-order chi connectivity index (χ1) is 15.9. The smallest absolute Gasteiger partial charge is 0.320 e. The Morgan fingerprint density at radius 1 is 1.24 bits per heavy atom. The molecule has 0 atom stereocenters. The summed E-state index contributed by atoms with van der Waals surface area (Å²) < 4.78 is 5.66. The summed E-state index contributed by atoms with van der Waals surface area (Å²) in [6, 6.07) is 4.99. The summed E-state index contributed by atoms with van der Waals surface area (Å²) in [5.41, 5.74) is 7.53. The van der Waals surface area contributed by atoms with Gasteiger partial charge in [0.25, 0.3) is 0 Å². The molecule has 2 aromatic heterocycles. The lowest BCUT2D eigenvalue weighted by Crippen LogP contribution is -2.42. The molecule has 2 aliphatic heterocycles. The highest BCUT2D eigenvalue weighted by Crippen LogP contribution is 2.34. The second kappa shape index (κ2) is 10.2. The molecule has 0 unspecified atom stereocenters. The first-order valence-electron chi connectivity index (χ1n) is 11.7. The standard InChI is InChI=1S/C23H34N8O2/c1-4-5-12-33-23-27-21(24)20-22(28-23)31(15-19(32)26-20)14-16-6-7-18(25-13-16)30-10-8-17(9-11-30)29(2)3/h6-7,13,17H,4-5,8-12,14-15H2,1-3H3,(H,26,32)(H2,24,27,28). The number of piperidine rings is 1. The van der Waals surface area contributed by atoms with E-state index in [2.05, 4.69) is 58.2 Å². The van der Waals surface area contributed by atoms with Gasteiger partial charge in [-0.15, -0.1) is 0 Å². The molecule has 1 amide bonds. The average molecular weight is 455 g/mol. The van der Waals surface area contributed by atoms with E-state index in [1.54, 1.807) is 0 Å². The van der Waals surface area contributed by atoms with Gasteiger partial charge in [-0.1, -0.05) is 19.4 Å². The monoisotopic (exact) mass is 454 g/mol. The van der Waals surface area contributed by atoms with E-state index in [1.807, 2.05) is 11.1 Å². The fraction of sp³-hybridized carbons (Fsp3) is 0.565. The minimum absolute atomic E-state index is 0.147. The van der Waals surface area contributed by atoms with Crippen LogP contribution in [0.25, 0.3) is 0 Å². The average Bonchev–Trinajstić information content (AvgIpc) is 2.80. The van der Waals surface area contributed by atoms with Crippen molar-refractivity contribution in [2.24, 2.45) is 0 Å². The number of hydrogen-bond acceptors (Lipinski definition) is 9. The zero-order valence-electron chi connectivity index (χ0n) is 19.8. The molecule has 1 fully saturated rings. The summed E-state index contributed by atoms with van der Waals surface area (Å²) in [6.45, 7) is 5.29. The molecule has 0 aliphatic carbocycles. The summed E-state index contributed by atoms with van der Waals surface area (Å²) in [7, 11) is 4.29. The van der Waals surface area contributed by atoms with E-state index in [1.165, 1.54) is 0 Å². The molecule has 0 radical (unpaired) electrons. The van der Waals surface area contributed by atoms with Crippen LogP contribution in [-0.4, -0.2) is 72.1 Å². The number of nitrogens with zero attached hydrogens (tertiary/aromatic N) is 6. The number of nitrogens with one attached hydrogen (secondary N) is 1. The number of anilines is 4. The molecule has 0 aromatic carbocycles. The molecule has 4 heterocycles. The molecule has 4 rings (SSSR count). The van der Waals surface area contributed by atoms with Crippen LogP contribution in [0.15, 0.2) is 18.3 Å². The third-order valence-electron chi connectivity index (χ3n) is 6.23. The normalized spacial score (nSPS) is 16.7. The Morgan fingerprint density at radius 3 is 2.70 bits per heavy atom. The SMILES string of the molecule is CCCCOc1nc(N)c2c(n1)N(Cc1ccc(N3CCC(N(C)C)CC3)nc1)CC(=O)N2. The van der Waals surface area contributed by atoms with Crippen LogP contribution in [0.2, 0.25) is 0 Å². The van der Waals surface area contributed by atoms with Gasteiger partial charge in [-0.3, -0.25) is 4.79 Å². The second-order valence-electron chi connectivity index (χ2n) is 8.90. The molecule has 0 saturated carbocycles. The number of aromatic nitrogens is 3. The Kier molecular flexibility index (Phi) is 7.12. The maximum absolute atomic E-state index is 12.3. The summed E-state index contributed by atoms with van der Waals surface area (Å²) in [5.74, 6) is 1.62. The van der Waals surface area contributed by atoms with Gasteiger partial charge in [-0.25, -0.2) is 4.98 Å². The third-order valence-corrected chi connectivity index (χ3v) is 6.23. The van der Waals surface area contributed by atoms with Crippen LogP contribution >= 0.6 is 0 Å². The fourth-order valence-electron chi connectivity index (χ4n) is 4.25. The maximum Gasteiger partial charge on any atom is 0.320 e. The van der Waals surface area contributed by atoms with Gasteiger partial charge in [0.1, 0.15) is 11.5 Å². The van der Waals surface area contributed by atoms with E-state index in [4.69, 9.17) is 15.5 Å². The lowest BCUT2D eigenvalue weighted by Gasteiger charge is -2.36. The summed E-state index contributed by atoms with van der Waals surface area (Å²) >= 11 is 0. The molecular formula is C23H34N8O2. The molecule has 1 saturated heterocycles. The highest BCUT2D eigenvalue weighted by atomic mass is 16.5. The number of nitrogen functional groups attached to an aromatic ring is 1. The fourth-order valence-corrected chi connectivity index (χ4v) is 4.25. The number of unbranched alkanes of at least 4 members (excludes halogenated alkanes) is 1. The van der Waals surface area contributed by atoms with Crippen LogP contribution in [0, 0.1) is 0 Å². The van der Waals surface area contributed by atoms with Crippen LogP contribution in [-0.2, 0) is 11.3 Å². The van der Waals surface area contributed by atoms with Crippen molar-refractivity contribution in [2.45, 2.75) is 45.2 Å². The van der Waals surface area contributed by atoms with Crippen LogP contribution in [0.3, 0.4) is 0 Å². The van der Waals surface area contributed by atoms with E-state index >= 15 is 0 Å². The van der Waals surface area contributed by atoms with Crippen LogP contribution in [0.5, 0.6) is 6.01 Å². The Labute approximate surface area is 195 Å². The van der Waals surface area contributed by atoms with Gasteiger partial charge in [0.15, 0.2) is 11.6 Å². The highest BCUT2D eigenvalue weighted by molar-refractivity contribution is 6.03. The zero-order chi connectivity index (χ0) is 23.4. The van der Waals surface area contributed by atoms with Gasteiger partial charge in [0.2, 0.25) is 5.91 Å². The van der Waals surface area contributed by atoms with Crippen LogP contribution in [0.4, 0.5) is 23.1 Å². The Bertz CT molecular complexity index is 958. The number of hydrogen-bond donors (Lipinski definition) is 2. The topological polar surface area (TPSA) is 113 Å². The summed E-state index contributed by atoms with van der Waals surface area (Å²) in [5, 5.41) is 2.79. The molecule has 0 spiro atoms. The Balaban J connectivity index is 1.46. The van der Waals surface area contributed by atoms with Crippen LogP contribution in [0.1, 0.15) is 38.2 Å². The first-order valence-corrected chi connectivity index (χ1v) is 11.7. The van der Waals surface area contributed by atoms with E-state index in [9.17, 15) is 4.79 Å². The van der Waals surface area contributed by atoms with Gasteiger partial charge < -0.3 is 30.5 Å². The van der Waals surface area contributed by atoms with Crippen molar-refractivity contribution < 1.29 is 9.53 Å². The third kappa shape index (κ3) is 5.44. The van der Waals surface area contributed by atoms with Crippen molar-refractivity contribution in [1.82, 2.24) is 19.9 Å². The predicted octanol–water partition coefficient (Wildman–Crippen LogP) is 2.12. The summed E-state index contributed by atoms with van der Waals surface area (Å²) in [6.07, 6.45) is 6.08. The molecule has 33 heavy (non-hydrogen) atoms. The number of rotatable bonds is 8. The predicted molar refractivity (Wildman–Crippen MR) is 130 cm³/mol. The van der Waals surface area contributed by atoms with E-state index in [-0.39, 0.29) is 24.3 Å². The van der Waals surface area contributed by atoms with Gasteiger partial charge in [0, 0.05) is 31.9 Å². The molecule has 2 aromatic rings. The quantitative estimate of drug-likeness (QED) is 0.579. The summed E-state index contributed by atoms with van der Waals surface area (Å²) in [4.78, 5) is 32.2. The minimum Gasteiger partial charge on any atom is -0.463 e. The first kappa shape index (κ1) is 23.0. The van der Waals surface area contributed by atoms with Crippen LogP contribution < -0.4 is 25.6 Å². The number of carbonyl (C=O) groups is 1. The molecule has 2 aliphatic rings. The molecule has 10 heteroatoms. The van der Waals surface area contributed by atoms with Crippen molar-refractivity contribution in [2.75, 3.05) is 61.2 Å². The van der Waals surface area contributed by atoms with Gasteiger partial charge in [0.05, 0.1) is 13.2 Å². The van der Waals surface area contributed by atoms with Crippen molar-refractivity contribution in [1.29, 1.82) is 0 Å². The van der Waals surface area contributed by atoms with E-state index < -0.39 is 0 Å². The van der Waals surface area contributed by atoms with E-state index in [0.29, 0.717) is 30.7 Å². The van der Waals surface area contributed by atoms with E-state index in [0.717, 1.165) is 50.2 Å². The molecular weight excluding hydrogens is 420 g/mol. The lowest BCUT2D eigenvalue weighted by molar-refractivity contribution is -0.115. The Morgan fingerprint density at radius 2 is 2.03 bits per heavy atom. The van der Waals surface area contributed by atoms with Crippen molar-refractivity contribution in [3.8, 4) is 6.01 Å².